The van der Waals surface area contributed by atoms with Gasteiger partial charge < -0.3 is 10.1 Å². The lowest BCUT2D eigenvalue weighted by molar-refractivity contribution is -0.160. The summed E-state index contributed by atoms with van der Waals surface area (Å²) in [7, 11) is 0. The van der Waals surface area contributed by atoms with Crippen LogP contribution in [0.3, 0.4) is 0 Å². The number of hydrogen-bond donors (Lipinski definition) is 1. The first-order valence-corrected chi connectivity index (χ1v) is 9.53. The zero-order valence-electron chi connectivity index (χ0n) is 15.7. The fourth-order valence-corrected chi connectivity index (χ4v) is 3.03. The van der Waals surface area contributed by atoms with E-state index in [1.54, 1.807) is 12.1 Å². The van der Waals surface area contributed by atoms with Crippen molar-refractivity contribution in [3.05, 3.63) is 78.1 Å². The molecule has 8 nitrogen and oxygen atoms in total. The van der Waals surface area contributed by atoms with Crippen LogP contribution in [0.15, 0.2) is 67.0 Å². The summed E-state index contributed by atoms with van der Waals surface area (Å²) in [6.07, 6.45) is 2.58. The van der Waals surface area contributed by atoms with Crippen LogP contribution in [0.1, 0.15) is 36.1 Å². The lowest BCUT2D eigenvalue weighted by Crippen LogP contribution is -2.35. The van der Waals surface area contributed by atoms with Gasteiger partial charge in [-0.3, -0.25) is 4.79 Å². The van der Waals surface area contributed by atoms with Crippen molar-refractivity contribution in [3.8, 4) is 0 Å². The zero-order chi connectivity index (χ0) is 20.1. The molecule has 2 aromatic carbocycles. The molecule has 0 saturated heterocycles. The molecule has 148 valence electrons. The molecule has 0 bridgehead atoms. The van der Waals surface area contributed by atoms with Crippen LogP contribution in [0.25, 0.3) is 0 Å². The van der Waals surface area contributed by atoms with Crippen LogP contribution >= 0.6 is 0 Å². The summed E-state index contributed by atoms with van der Waals surface area (Å²) in [6, 6.07) is 17.9. The van der Waals surface area contributed by atoms with E-state index in [1.807, 2.05) is 48.5 Å². The third kappa shape index (κ3) is 4.84. The Morgan fingerprint density at radius 1 is 1.07 bits per heavy atom. The highest BCUT2D eigenvalue weighted by Crippen LogP contribution is 2.25. The van der Waals surface area contributed by atoms with Crippen molar-refractivity contribution in [3.63, 3.8) is 0 Å². The van der Waals surface area contributed by atoms with E-state index in [9.17, 15) is 9.59 Å². The van der Waals surface area contributed by atoms with Gasteiger partial charge in [-0.25, -0.2) is 9.48 Å². The van der Waals surface area contributed by atoms with Crippen molar-refractivity contribution < 1.29 is 14.3 Å². The summed E-state index contributed by atoms with van der Waals surface area (Å²) < 4.78 is 7.08. The highest BCUT2D eigenvalue weighted by atomic mass is 16.5. The maximum absolute atomic E-state index is 13.1. The quantitative estimate of drug-likeness (QED) is 0.590. The topological polar surface area (TPSA) is 99.0 Å². The number of nitrogens with one attached hydrogen (secondary N) is 1. The highest BCUT2D eigenvalue weighted by molar-refractivity contribution is 5.86. The van der Waals surface area contributed by atoms with Crippen LogP contribution in [-0.2, 0) is 20.7 Å². The van der Waals surface area contributed by atoms with E-state index in [2.05, 4.69) is 20.8 Å². The number of benzene rings is 2. The van der Waals surface area contributed by atoms with E-state index in [4.69, 9.17) is 4.74 Å². The largest absolute Gasteiger partial charge is 0.446 e. The predicted octanol–water partition coefficient (Wildman–Crippen LogP) is 2.02. The Hall–Kier alpha value is -3.55. The molecule has 0 radical (unpaired) electrons. The second-order valence-electron chi connectivity index (χ2n) is 7.01. The number of nitrogens with zero attached hydrogens (tertiary/aromatic N) is 4. The van der Waals surface area contributed by atoms with Crippen molar-refractivity contribution in [1.82, 2.24) is 25.5 Å². The third-order valence-electron chi connectivity index (χ3n) is 4.73. The first-order chi connectivity index (χ1) is 14.2. The van der Waals surface area contributed by atoms with Gasteiger partial charge in [-0.15, -0.1) is 5.10 Å². The number of ether oxygens (including phenoxy) is 1. The molecule has 1 amide bonds. The molecule has 1 fully saturated rings. The molecule has 2 atom stereocenters. The Morgan fingerprint density at radius 2 is 1.76 bits per heavy atom. The van der Waals surface area contributed by atoms with Crippen molar-refractivity contribution in [2.45, 2.75) is 37.5 Å². The molecular weight excluding hydrogens is 370 g/mol. The Labute approximate surface area is 167 Å². The van der Waals surface area contributed by atoms with Crippen LogP contribution in [-0.4, -0.2) is 38.1 Å². The summed E-state index contributed by atoms with van der Waals surface area (Å²) >= 11 is 0. The molecule has 8 heteroatoms. The number of aromatic nitrogens is 4. The minimum absolute atomic E-state index is 0.159. The number of hydrogen-bond acceptors (Lipinski definition) is 6. The number of tetrazole rings is 1. The Kier molecular flexibility index (Phi) is 5.60. The normalized spacial score (nSPS) is 15.3. The smallest absolute Gasteiger partial charge is 0.332 e. The molecule has 1 N–H and O–H groups in total. The van der Waals surface area contributed by atoms with E-state index in [0.717, 1.165) is 18.4 Å². The van der Waals surface area contributed by atoms with Gasteiger partial charge in [-0.2, -0.15) is 0 Å². The van der Waals surface area contributed by atoms with Gasteiger partial charge >= 0.3 is 5.97 Å². The zero-order valence-corrected chi connectivity index (χ0v) is 15.7. The number of amides is 1. The molecule has 4 rings (SSSR count). The van der Waals surface area contributed by atoms with E-state index in [-0.39, 0.29) is 11.9 Å². The van der Waals surface area contributed by atoms with Gasteiger partial charge in [-0.1, -0.05) is 60.7 Å². The summed E-state index contributed by atoms with van der Waals surface area (Å²) in [6.45, 7) is 0. The molecule has 3 aromatic rings. The average molecular weight is 391 g/mol. The van der Waals surface area contributed by atoms with E-state index >= 15 is 0 Å². The monoisotopic (exact) mass is 391 g/mol. The number of carbonyl (C=O) groups is 2. The summed E-state index contributed by atoms with van der Waals surface area (Å²) in [4.78, 5) is 25.9. The molecule has 1 saturated carbocycles. The van der Waals surface area contributed by atoms with Crippen molar-refractivity contribution in [2.24, 2.45) is 0 Å². The number of carbonyl (C=O) groups excluding carboxylic acids is 2. The fraction of sp³-hybridized carbons (Fsp3) is 0.286. The maximum Gasteiger partial charge on any atom is 0.332 e. The molecule has 29 heavy (non-hydrogen) atoms. The summed E-state index contributed by atoms with van der Waals surface area (Å²) in [5.41, 5.74) is 1.55. The standard InChI is InChI=1S/C21H21N5O3/c27-20(23-17-11-12-17)19(16-9-5-2-6-10-16)29-21(28)18(26-14-22-24-25-26)13-15-7-3-1-4-8-15/h1-10,14,17-19H,11-13H2,(H,23,27)/t18-,19-/m1/s1. The van der Waals surface area contributed by atoms with Crippen LogP contribution in [0.5, 0.6) is 0 Å². The van der Waals surface area contributed by atoms with Crippen LogP contribution < -0.4 is 5.32 Å². The van der Waals surface area contributed by atoms with Crippen LogP contribution in [0.2, 0.25) is 0 Å². The number of esters is 1. The van der Waals surface area contributed by atoms with Crippen molar-refractivity contribution in [2.75, 3.05) is 0 Å². The first kappa shape index (κ1) is 18.8. The summed E-state index contributed by atoms with van der Waals surface area (Å²) in [5.74, 6) is -0.886. The molecule has 1 aliphatic rings. The van der Waals surface area contributed by atoms with Gasteiger partial charge in [0.05, 0.1) is 0 Å². The van der Waals surface area contributed by atoms with Gasteiger partial charge in [0.15, 0.2) is 6.04 Å². The highest BCUT2D eigenvalue weighted by Gasteiger charge is 2.33. The molecule has 1 heterocycles. The Morgan fingerprint density at radius 3 is 2.38 bits per heavy atom. The first-order valence-electron chi connectivity index (χ1n) is 9.53. The molecule has 1 aliphatic carbocycles. The van der Waals surface area contributed by atoms with E-state index in [0.29, 0.717) is 12.0 Å². The Bertz CT molecular complexity index is 943. The van der Waals surface area contributed by atoms with Crippen molar-refractivity contribution >= 4 is 11.9 Å². The molecule has 1 aromatic heterocycles. The lowest BCUT2D eigenvalue weighted by Gasteiger charge is -2.21. The number of rotatable bonds is 8. The van der Waals surface area contributed by atoms with Crippen molar-refractivity contribution in [1.29, 1.82) is 0 Å². The van der Waals surface area contributed by atoms with E-state index in [1.165, 1.54) is 11.0 Å². The SMILES string of the molecule is O=C(O[C@@H](C(=O)NC1CC1)c1ccccc1)[C@@H](Cc1ccccc1)n1cnnn1. The van der Waals surface area contributed by atoms with E-state index < -0.39 is 18.1 Å². The Balaban J connectivity index is 1.57. The van der Waals surface area contributed by atoms with Gasteiger partial charge in [0, 0.05) is 18.0 Å². The van der Waals surface area contributed by atoms with Gasteiger partial charge in [0.1, 0.15) is 6.33 Å². The second-order valence-corrected chi connectivity index (χ2v) is 7.01. The minimum Gasteiger partial charge on any atom is -0.446 e. The van der Waals surface area contributed by atoms with Crippen LogP contribution in [0, 0.1) is 0 Å². The molecular formula is C21H21N5O3. The average Bonchev–Trinajstić information content (AvgIpc) is 3.40. The summed E-state index contributed by atoms with van der Waals surface area (Å²) in [5, 5.41) is 14.1. The minimum atomic E-state index is -1.03. The molecule has 0 unspecified atom stereocenters. The van der Waals surface area contributed by atoms with Gasteiger partial charge in [-0.05, 0) is 28.8 Å². The van der Waals surface area contributed by atoms with Gasteiger partial charge in [0.25, 0.3) is 5.91 Å². The fourth-order valence-electron chi connectivity index (χ4n) is 3.03. The lowest BCUT2D eigenvalue weighted by atomic mass is 10.1. The van der Waals surface area contributed by atoms with Crippen LogP contribution in [0.4, 0.5) is 0 Å². The third-order valence-corrected chi connectivity index (χ3v) is 4.73. The molecule has 0 spiro atoms. The molecule has 0 aliphatic heterocycles. The predicted molar refractivity (Wildman–Crippen MR) is 103 cm³/mol. The maximum atomic E-state index is 13.1. The second kappa shape index (κ2) is 8.64. The van der Waals surface area contributed by atoms with Gasteiger partial charge in [0.2, 0.25) is 6.10 Å².